The Balaban J connectivity index is 2.31. The van der Waals surface area contributed by atoms with Gasteiger partial charge in [-0.15, -0.1) is 0 Å². The van der Waals surface area contributed by atoms with Gasteiger partial charge >= 0.3 is 0 Å². The van der Waals surface area contributed by atoms with Gasteiger partial charge in [-0.05, 0) is 43.0 Å². The van der Waals surface area contributed by atoms with E-state index in [0.29, 0.717) is 6.54 Å². The Morgan fingerprint density at radius 1 is 1.19 bits per heavy atom. The van der Waals surface area contributed by atoms with Crippen LogP contribution in [0.3, 0.4) is 0 Å². The van der Waals surface area contributed by atoms with Crippen LogP contribution < -0.4 is 10.2 Å². The second kappa shape index (κ2) is 8.87. The van der Waals surface area contributed by atoms with Crippen LogP contribution >= 0.6 is 0 Å². The zero-order valence-electron chi connectivity index (χ0n) is 15.8. The molecule has 2 aromatic carbocycles. The van der Waals surface area contributed by atoms with Gasteiger partial charge in [-0.1, -0.05) is 50.2 Å². The number of benzene rings is 2. The molecule has 0 radical (unpaired) electrons. The van der Waals surface area contributed by atoms with Gasteiger partial charge in [0.25, 0.3) is 5.91 Å². The van der Waals surface area contributed by atoms with Crippen molar-refractivity contribution in [1.82, 2.24) is 0 Å². The number of aryl methyl sites for hydroxylation is 1. The third kappa shape index (κ3) is 4.52. The van der Waals surface area contributed by atoms with Crippen molar-refractivity contribution in [2.75, 3.05) is 16.8 Å². The van der Waals surface area contributed by atoms with E-state index in [2.05, 4.69) is 19.2 Å². The molecular formula is C22H25N3O. The van der Waals surface area contributed by atoms with Crippen LogP contribution in [0.5, 0.6) is 0 Å². The fourth-order valence-corrected chi connectivity index (χ4v) is 2.79. The van der Waals surface area contributed by atoms with E-state index in [9.17, 15) is 10.1 Å². The van der Waals surface area contributed by atoms with Crippen LogP contribution in [0.15, 0.2) is 60.3 Å². The van der Waals surface area contributed by atoms with Crippen molar-refractivity contribution in [1.29, 1.82) is 5.26 Å². The summed E-state index contributed by atoms with van der Waals surface area (Å²) in [6.45, 7) is 8.76. The first-order valence-corrected chi connectivity index (χ1v) is 8.82. The molecule has 0 unspecified atom stereocenters. The Bertz CT molecular complexity index is 832. The van der Waals surface area contributed by atoms with E-state index in [1.54, 1.807) is 6.20 Å². The minimum Gasteiger partial charge on any atom is -0.347 e. The van der Waals surface area contributed by atoms with Gasteiger partial charge in [0, 0.05) is 24.1 Å². The number of amides is 1. The van der Waals surface area contributed by atoms with Gasteiger partial charge in [0.15, 0.2) is 0 Å². The van der Waals surface area contributed by atoms with E-state index in [1.165, 1.54) is 0 Å². The fraction of sp³-hybridized carbons (Fsp3) is 0.273. The summed E-state index contributed by atoms with van der Waals surface area (Å²) in [7, 11) is 0. The van der Waals surface area contributed by atoms with Gasteiger partial charge in [0.2, 0.25) is 0 Å². The summed E-state index contributed by atoms with van der Waals surface area (Å²) in [6.07, 6.45) is 1.61. The predicted molar refractivity (Wildman–Crippen MR) is 107 cm³/mol. The number of anilines is 2. The van der Waals surface area contributed by atoms with Crippen molar-refractivity contribution >= 4 is 17.3 Å². The Kier molecular flexibility index (Phi) is 6.57. The highest BCUT2D eigenvalue weighted by molar-refractivity contribution is 6.07. The van der Waals surface area contributed by atoms with Crippen LogP contribution in [0.25, 0.3) is 0 Å². The quantitative estimate of drug-likeness (QED) is 0.591. The molecule has 2 aromatic rings. The standard InChI is InChI=1S/C22H25N3O/c1-5-25(19-11-7-6-8-12-19)15-18(14-23)22(26)24-21-17(4)10-9-13-20(21)16(2)3/h6-13,15-16H,5H2,1-4H3,(H,24,26)/b18-15-. The summed E-state index contributed by atoms with van der Waals surface area (Å²) in [5.41, 5.74) is 3.85. The van der Waals surface area contributed by atoms with Gasteiger partial charge < -0.3 is 10.2 Å². The van der Waals surface area contributed by atoms with Crippen molar-refractivity contribution in [3.63, 3.8) is 0 Å². The molecule has 26 heavy (non-hydrogen) atoms. The van der Waals surface area contributed by atoms with Crippen LogP contribution in [0, 0.1) is 18.3 Å². The molecule has 0 saturated heterocycles. The van der Waals surface area contributed by atoms with E-state index < -0.39 is 5.91 Å². The lowest BCUT2D eigenvalue weighted by molar-refractivity contribution is -0.112. The van der Waals surface area contributed by atoms with Crippen molar-refractivity contribution in [2.24, 2.45) is 0 Å². The van der Waals surface area contributed by atoms with Crippen molar-refractivity contribution in [3.05, 3.63) is 71.4 Å². The molecule has 0 atom stereocenters. The van der Waals surface area contributed by atoms with Crippen LogP contribution in [-0.2, 0) is 4.79 Å². The number of para-hydroxylation sites is 2. The highest BCUT2D eigenvalue weighted by Gasteiger charge is 2.16. The maximum Gasteiger partial charge on any atom is 0.267 e. The molecule has 2 rings (SSSR count). The lowest BCUT2D eigenvalue weighted by Crippen LogP contribution is -2.21. The molecule has 4 nitrogen and oxygen atoms in total. The first-order chi connectivity index (χ1) is 12.5. The number of nitriles is 1. The summed E-state index contributed by atoms with van der Waals surface area (Å²) in [5.74, 6) is -0.116. The molecule has 0 heterocycles. The predicted octanol–water partition coefficient (Wildman–Crippen LogP) is 4.99. The lowest BCUT2D eigenvalue weighted by Gasteiger charge is -2.20. The van der Waals surface area contributed by atoms with E-state index in [4.69, 9.17) is 0 Å². The average Bonchev–Trinajstić information content (AvgIpc) is 2.64. The van der Waals surface area contributed by atoms with Crippen molar-refractivity contribution in [2.45, 2.75) is 33.6 Å². The number of rotatable bonds is 6. The van der Waals surface area contributed by atoms with Gasteiger partial charge in [-0.2, -0.15) is 5.26 Å². The molecule has 1 amide bonds. The Morgan fingerprint density at radius 2 is 1.88 bits per heavy atom. The maximum atomic E-state index is 12.7. The normalized spacial score (nSPS) is 11.2. The monoisotopic (exact) mass is 347 g/mol. The summed E-state index contributed by atoms with van der Waals surface area (Å²) in [4.78, 5) is 14.6. The zero-order chi connectivity index (χ0) is 19.1. The molecule has 1 N–H and O–H groups in total. The molecule has 0 aromatic heterocycles. The van der Waals surface area contributed by atoms with E-state index in [-0.39, 0.29) is 11.5 Å². The number of hydrogen-bond acceptors (Lipinski definition) is 3. The van der Waals surface area contributed by atoms with E-state index in [0.717, 1.165) is 22.5 Å². The smallest absolute Gasteiger partial charge is 0.267 e. The Hall–Kier alpha value is -3.06. The Labute approximate surface area is 155 Å². The van der Waals surface area contributed by atoms with Crippen molar-refractivity contribution < 1.29 is 4.79 Å². The molecule has 0 spiro atoms. The molecule has 0 aliphatic heterocycles. The number of carbonyl (C=O) groups excluding carboxylic acids is 1. The number of carbonyl (C=O) groups is 1. The first-order valence-electron chi connectivity index (χ1n) is 8.82. The zero-order valence-corrected chi connectivity index (χ0v) is 15.8. The van der Waals surface area contributed by atoms with Gasteiger partial charge in [0.1, 0.15) is 11.6 Å². The van der Waals surface area contributed by atoms with E-state index >= 15 is 0 Å². The summed E-state index contributed by atoms with van der Waals surface area (Å²) >= 11 is 0. The van der Waals surface area contributed by atoms with Crippen LogP contribution in [0.1, 0.15) is 37.8 Å². The molecule has 0 fully saturated rings. The van der Waals surface area contributed by atoms with Crippen LogP contribution in [0.4, 0.5) is 11.4 Å². The summed E-state index contributed by atoms with van der Waals surface area (Å²) in [5, 5.41) is 12.4. The second-order valence-electron chi connectivity index (χ2n) is 6.42. The summed E-state index contributed by atoms with van der Waals surface area (Å²) in [6, 6.07) is 17.7. The highest BCUT2D eigenvalue weighted by atomic mass is 16.1. The second-order valence-corrected chi connectivity index (χ2v) is 6.42. The number of hydrogen-bond donors (Lipinski definition) is 1. The molecule has 0 aliphatic carbocycles. The molecule has 4 heteroatoms. The number of nitrogens with zero attached hydrogens (tertiary/aromatic N) is 2. The van der Waals surface area contributed by atoms with Gasteiger partial charge in [-0.3, -0.25) is 4.79 Å². The highest BCUT2D eigenvalue weighted by Crippen LogP contribution is 2.28. The molecule has 0 aliphatic rings. The third-order valence-electron chi connectivity index (χ3n) is 4.24. The molecule has 0 saturated carbocycles. The van der Waals surface area contributed by atoms with Gasteiger partial charge in [0.05, 0.1) is 0 Å². The maximum absolute atomic E-state index is 12.7. The lowest BCUT2D eigenvalue weighted by atomic mass is 9.98. The third-order valence-corrected chi connectivity index (χ3v) is 4.24. The number of nitrogens with one attached hydrogen (secondary N) is 1. The van der Waals surface area contributed by atoms with Gasteiger partial charge in [-0.25, -0.2) is 0 Å². The molecular weight excluding hydrogens is 322 g/mol. The largest absolute Gasteiger partial charge is 0.347 e. The Morgan fingerprint density at radius 3 is 2.46 bits per heavy atom. The molecule has 0 bridgehead atoms. The SMILES string of the molecule is CCN(/C=C(/C#N)C(=O)Nc1c(C)cccc1C(C)C)c1ccccc1. The average molecular weight is 347 g/mol. The summed E-state index contributed by atoms with van der Waals surface area (Å²) < 4.78 is 0. The van der Waals surface area contributed by atoms with Crippen LogP contribution in [-0.4, -0.2) is 12.5 Å². The minimum atomic E-state index is -0.391. The fourth-order valence-electron chi connectivity index (χ4n) is 2.79. The van der Waals surface area contributed by atoms with Crippen LogP contribution in [0.2, 0.25) is 0 Å². The molecule has 134 valence electrons. The van der Waals surface area contributed by atoms with E-state index in [1.807, 2.05) is 73.3 Å². The topological polar surface area (TPSA) is 56.1 Å². The minimum absolute atomic E-state index is 0.0775. The first kappa shape index (κ1) is 19.3. The van der Waals surface area contributed by atoms with Crippen molar-refractivity contribution in [3.8, 4) is 6.07 Å².